The van der Waals surface area contributed by atoms with E-state index in [2.05, 4.69) is 5.48 Å². The highest BCUT2D eigenvalue weighted by molar-refractivity contribution is 7.92. The molecule has 0 aliphatic carbocycles. The molecule has 0 aromatic heterocycles. The Labute approximate surface area is 84.7 Å². The molecule has 5 nitrogen and oxygen atoms in total. The summed E-state index contributed by atoms with van der Waals surface area (Å²) >= 11 is 0. The van der Waals surface area contributed by atoms with Gasteiger partial charge < -0.3 is 0 Å². The van der Waals surface area contributed by atoms with Crippen molar-refractivity contribution < 1.29 is 18.0 Å². The van der Waals surface area contributed by atoms with Crippen LogP contribution >= 0.6 is 0 Å². The van der Waals surface area contributed by atoms with Crippen molar-refractivity contribution in [1.82, 2.24) is 5.48 Å². The van der Waals surface area contributed by atoms with Crippen molar-refractivity contribution in [2.75, 3.05) is 12.9 Å². The van der Waals surface area contributed by atoms with Gasteiger partial charge in [-0.3, -0.25) is 9.63 Å². The van der Waals surface area contributed by atoms with Gasteiger partial charge in [0.15, 0.2) is 9.84 Å². The maximum absolute atomic E-state index is 11.2. The Balaban J connectivity index is 3.98. The van der Waals surface area contributed by atoms with Crippen LogP contribution < -0.4 is 5.48 Å². The monoisotopic (exact) mass is 223 g/mol. The van der Waals surface area contributed by atoms with Crippen molar-refractivity contribution in [2.24, 2.45) is 5.92 Å². The molecule has 0 saturated heterocycles. The first-order chi connectivity index (χ1) is 6.25. The van der Waals surface area contributed by atoms with Crippen LogP contribution in [0.15, 0.2) is 0 Å². The number of rotatable bonds is 5. The molecule has 0 aliphatic rings. The normalized spacial score (nSPS) is 14.1. The van der Waals surface area contributed by atoms with E-state index in [1.54, 1.807) is 0 Å². The highest BCUT2D eigenvalue weighted by Crippen LogP contribution is 1.98. The molecule has 84 valence electrons. The predicted molar refractivity (Wildman–Crippen MR) is 53.2 cm³/mol. The number of hydroxylamine groups is 1. The lowest BCUT2D eigenvalue weighted by Crippen LogP contribution is -2.37. The lowest BCUT2D eigenvalue weighted by molar-refractivity contribution is -0.133. The fourth-order valence-electron chi connectivity index (χ4n) is 0.557. The van der Waals surface area contributed by atoms with E-state index in [1.165, 1.54) is 6.92 Å². The summed E-state index contributed by atoms with van der Waals surface area (Å²) in [4.78, 5) is 16.0. The van der Waals surface area contributed by atoms with Crippen molar-refractivity contribution in [3.8, 4) is 0 Å². The summed E-state index contributed by atoms with van der Waals surface area (Å²) in [5, 5.41) is -1.07. The quantitative estimate of drug-likeness (QED) is 0.672. The number of hydrogen-bond donors (Lipinski definition) is 1. The molecule has 0 fully saturated rings. The third-order valence-electron chi connectivity index (χ3n) is 1.60. The van der Waals surface area contributed by atoms with Crippen LogP contribution in [0.25, 0.3) is 0 Å². The third kappa shape index (κ3) is 5.18. The summed E-state index contributed by atoms with van der Waals surface area (Å²) in [6.07, 6.45) is 1.01. The number of amides is 1. The number of nitrogens with one attached hydrogen (secondary N) is 1. The van der Waals surface area contributed by atoms with Crippen LogP contribution in [0.3, 0.4) is 0 Å². The van der Waals surface area contributed by atoms with Gasteiger partial charge in [0.1, 0.15) is 5.25 Å². The molecule has 1 N–H and O–H groups in total. The fraction of sp³-hybridized carbons (Fsp3) is 0.875. The highest BCUT2D eigenvalue weighted by atomic mass is 32.2. The van der Waals surface area contributed by atoms with Gasteiger partial charge in [-0.25, -0.2) is 13.9 Å². The van der Waals surface area contributed by atoms with Crippen LogP contribution in [0.2, 0.25) is 0 Å². The van der Waals surface area contributed by atoms with Crippen molar-refractivity contribution in [2.45, 2.75) is 26.0 Å². The molecule has 1 unspecified atom stereocenters. The first-order valence-corrected chi connectivity index (χ1v) is 6.31. The zero-order chi connectivity index (χ0) is 11.4. The molecule has 0 aromatic rings. The van der Waals surface area contributed by atoms with Gasteiger partial charge in [-0.1, -0.05) is 13.8 Å². The van der Waals surface area contributed by atoms with E-state index < -0.39 is 21.0 Å². The SMILES string of the molecule is CC(C)CONC(=O)C(C)S(C)(=O)=O. The maximum atomic E-state index is 11.2. The third-order valence-corrected chi connectivity index (χ3v) is 3.10. The molecule has 6 heteroatoms. The van der Waals surface area contributed by atoms with E-state index in [-0.39, 0.29) is 5.92 Å². The lowest BCUT2D eigenvalue weighted by Gasteiger charge is -2.11. The second kappa shape index (κ2) is 5.31. The molecule has 1 atom stereocenters. The minimum atomic E-state index is -3.34. The molecule has 14 heavy (non-hydrogen) atoms. The molecule has 0 radical (unpaired) electrons. The van der Waals surface area contributed by atoms with Crippen molar-refractivity contribution in [3.05, 3.63) is 0 Å². The Hall–Kier alpha value is -0.620. The van der Waals surface area contributed by atoms with E-state index >= 15 is 0 Å². The molecule has 0 saturated carbocycles. The molecule has 0 bridgehead atoms. The minimum Gasteiger partial charge on any atom is -0.273 e. The summed E-state index contributed by atoms with van der Waals surface area (Å²) < 4.78 is 21.9. The number of carbonyl (C=O) groups is 1. The van der Waals surface area contributed by atoms with Gasteiger partial charge in [0.2, 0.25) is 0 Å². The Morgan fingerprint density at radius 1 is 1.36 bits per heavy atom. The average Bonchev–Trinajstić information content (AvgIpc) is 2.00. The van der Waals surface area contributed by atoms with E-state index in [0.29, 0.717) is 6.61 Å². The summed E-state index contributed by atoms with van der Waals surface area (Å²) in [6, 6.07) is 0. The number of hydrogen-bond acceptors (Lipinski definition) is 4. The summed E-state index contributed by atoms with van der Waals surface area (Å²) in [5.74, 6) is -0.350. The first kappa shape index (κ1) is 13.4. The van der Waals surface area contributed by atoms with Crippen LogP contribution in [0.4, 0.5) is 0 Å². The first-order valence-electron chi connectivity index (χ1n) is 4.35. The molecule has 0 aromatic carbocycles. The highest BCUT2D eigenvalue weighted by Gasteiger charge is 2.23. The van der Waals surface area contributed by atoms with Crippen LogP contribution in [-0.4, -0.2) is 32.4 Å². The molecule has 0 heterocycles. The lowest BCUT2D eigenvalue weighted by atomic mass is 10.2. The molecular formula is C8H17NO4S. The summed E-state index contributed by atoms with van der Waals surface area (Å²) in [6.45, 7) is 5.53. The molecule has 1 amide bonds. The smallest absolute Gasteiger partial charge is 0.261 e. The Morgan fingerprint density at radius 2 is 1.86 bits per heavy atom. The van der Waals surface area contributed by atoms with Gasteiger partial charge in [0.25, 0.3) is 5.91 Å². The molecule has 0 aliphatic heterocycles. The Morgan fingerprint density at radius 3 is 2.21 bits per heavy atom. The van der Waals surface area contributed by atoms with Crippen molar-refractivity contribution in [3.63, 3.8) is 0 Å². The predicted octanol–water partition coefficient (Wildman–Crippen LogP) is 0.123. The Bertz CT molecular complexity index is 284. The summed E-state index contributed by atoms with van der Waals surface area (Å²) in [7, 11) is -3.34. The molecular weight excluding hydrogens is 206 g/mol. The van der Waals surface area contributed by atoms with Crippen molar-refractivity contribution >= 4 is 15.7 Å². The van der Waals surface area contributed by atoms with E-state index in [4.69, 9.17) is 4.84 Å². The van der Waals surface area contributed by atoms with Crippen LogP contribution in [0, 0.1) is 5.92 Å². The zero-order valence-electron chi connectivity index (χ0n) is 8.90. The molecule has 0 rings (SSSR count). The number of carbonyl (C=O) groups excluding carboxylic acids is 1. The van der Waals surface area contributed by atoms with Gasteiger partial charge in [0.05, 0.1) is 6.61 Å². The fourth-order valence-corrected chi connectivity index (χ4v) is 0.994. The maximum Gasteiger partial charge on any atom is 0.261 e. The largest absolute Gasteiger partial charge is 0.273 e. The standard InChI is InChI=1S/C8H17NO4S/c1-6(2)5-13-9-8(10)7(3)14(4,11)12/h6-7H,5H2,1-4H3,(H,9,10). The van der Waals surface area contributed by atoms with Crippen LogP contribution in [0.1, 0.15) is 20.8 Å². The van der Waals surface area contributed by atoms with Crippen LogP contribution in [0.5, 0.6) is 0 Å². The van der Waals surface area contributed by atoms with Crippen molar-refractivity contribution in [1.29, 1.82) is 0 Å². The average molecular weight is 223 g/mol. The van der Waals surface area contributed by atoms with E-state index in [0.717, 1.165) is 6.26 Å². The number of sulfone groups is 1. The second-order valence-electron chi connectivity index (χ2n) is 3.64. The summed E-state index contributed by atoms with van der Waals surface area (Å²) in [5.41, 5.74) is 2.10. The molecule has 0 spiro atoms. The Kier molecular flexibility index (Phi) is 5.07. The van der Waals surface area contributed by atoms with Gasteiger partial charge in [-0.15, -0.1) is 0 Å². The van der Waals surface area contributed by atoms with Gasteiger partial charge in [-0.2, -0.15) is 0 Å². The van der Waals surface area contributed by atoms with Gasteiger partial charge >= 0.3 is 0 Å². The minimum absolute atomic E-state index is 0.281. The zero-order valence-corrected chi connectivity index (χ0v) is 9.72. The van der Waals surface area contributed by atoms with E-state index in [9.17, 15) is 13.2 Å². The topological polar surface area (TPSA) is 72.5 Å². The second-order valence-corrected chi connectivity index (χ2v) is 6.01. The van der Waals surface area contributed by atoms with Gasteiger partial charge in [0, 0.05) is 6.26 Å². The van der Waals surface area contributed by atoms with E-state index in [1.807, 2.05) is 13.8 Å². The van der Waals surface area contributed by atoms with Crippen LogP contribution in [-0.2, 0) is 19.5 Å². The van der Waals surface area contributed by atoms with Gasteiger partial charge in [-0.05, 0) is 12.8 Å².